The van der Waals surface area contributed by atoms with Crippen LogP contribution in [-0.4, -0.2) is 19.6 Å². The monoisotopic (exact) mass is 230 g/mol. The summed E-state index contributed by atoms with van der Waals surface area (Å²) in [5.74, 6) is 0. The lowest BCUT2D eigenvalue weighted by Gasteiger charge is -2.25. The van der Waals surface area contributed by atoms with Crippen LogP contribution in [0.5, 0.6) is 0 Å². The zero-order valence-electron chi connectivity index (χ0n) is 7.69. The summed E-state index contributed by atoms with van der Waals surface area (Å²) in [6, 6.07) is 5.94. The summed E-state index contributed by atoms with van der Waals surface area (Å²) in [5.41, 5.74) is 1.11. The topological polar surface area (TPSA) is 24.1 Å². The molecule has 0 radical (unpaired) electrons. The number of rotatable bonds is 1. The van der Waals surface area contributed by atoms with Crippen molar-refractivity contribution in [2.24, 2.45) is 0 Å². The first-order valence-electron chi connectivity index (χ1n) is 4.66. The quantitative estimate of drug-likeness (QED) is 0.774. The van der Waals surface area contributed by atoms with Gasteiger partial charge < -0.3 is 10.6 Å². The summed E-state index contributed by atoms with van der Waals surface area (Å²) < 4.78 is 0. The van der Waals surface area contributed by atoms with Crippen molar-refractivity contribution in [1.29, 1.82) is 0 Å². The minimum absolute atomic E-state index is 0.300. The number of hydrogen-bond donors (Lipinski definition) is 2. The summed E-state index contributed by atoms with van der Waals surface area (Å²) in [5, 5.41) is 8.14. The van der Waals surface area contributed by atoms with Gasteiger partial charge in [-0.25, -0.2) is 0 Å². The van der Waals surface area contributed by atoms with Gasteiger partial charge >= 0.3 is 0 Å². The van der Waals surface area contributed by atoms with E-state index in [4.69, 9.17) is 23.2 Å². The Morgan fingerprint density at radius 2 is 2.07 bits per heavy atom. The zero-order chi connectivity index (χ0) is 9.97. The van der Waals surface area contributed by atoms with Crippen LogP contribution in [0.25, 0.3) is 0 Å². The molecule has 2 N–H and O–H groups in total. The zero-order valence-corrected chi connectivity index (χ0v) is 9.20. The van der Waals surface area contributed by atoms with Crippen LogP contribution in [0.2, 0.25) is 10.0 Å². The predicted octanol–water partition coefficient (Wildman–Crippen LogP) is 2.23. The van der Waals surface area contributed by atoms with Crippen LogP contribution in [0, 0.1) is 0 Å². The Labute approximate surface area is 93.6 Å². The van der Waals surface area contributed by atoms with Crippen LogP contribution in [0.15, 0.2) is 18.2 Å². The van der Waals surface area contributed by atoms with Crippen molar-refractivity contribution in [2.45, 2.75) is 6.04 Å². The fourth-order valence-corrected chi connectivity index (χ4v) is 2.20. The summed E-state index contributed by atoms with van der Waals surface area (Å²) in [6.07, 6.45) is 0. The van der Waals surface area contributed by atoms with E-state index in [0.717, 1.165) is 30.2 Å². The molecule has 2 nitrogen and oxygen atoms in total. The Balaban J connectivity index is 2.22. The second-order valence-corrected chi connectivity index (χ2v) is 4.22. The lowest BCUT2D eigenvalue weighted by molar-refractivity contribution is 0.430. The van der Waals surface area contributed by atoms with E-state index in [1.54, 1.807) is 6.07 Å². The van der Waals surface area contributed by atoms with E-state index in [2.05, 4.69) is 10.6 Å². The Bertz CT molecular complexity index is 322. The third kappa shape index (κ3) is 2.20. The molecular formula is C10H12Cl2N2. The standard InChI is InChI=1S/C10H12Cl2N2/c11-7-1-2-8(9(12)5-7)10-6-13-3-4-14-10/h1-2,5,10,13-14H,3-4,6H2. The van der Waals surface area contributed by atoms with E-state index < -0.39 is 0 Å². The third-order valence-corrected chi connectivity index (χ3v) is 2.94. The molecule has 1 saturated heterocycles. The largest absolute Gasteiger partial charge is 0.314 e. The molecule has 76 valence electrons. The SMILES string of the molecule is Clc1ccc(C2CNCCN2)c(Cl)c1. The van der Waals surface area contributed by atoms with Crippen LogP contribution in [-0.2, 0) is 0 Å². The average molecular weight is 231 g/mol. The van der Waals surface area contributed by atoms with Crippen LogP contribution in [0.1, 0.15) is 11.6 Å². The highest BCUT2D eigenvalue weighted by Crippen LogP contribution is 2.26. The number of nitrogens with one attached hydrogen (secondary N) is 2. The molecule has 0 saturated carbocycles. The molecule has 0 amide bonds. The van der Waals surface area contributed by atoms with Gasteiger partial charge in [0.15, 0.2) is 0 Å². The Morgan fingerprint density at radius 3 is 2.71 bits per heavy atom. The van der Waals surface area contributed by atoms with E-state index in [-0.39, 0.29) is 0 Å². The maximum Gasteiger partial charge on any atom is 0.0469 e. The molecule has 1 fully saturated rings. The number of piperazine rings is 1. The number of halogens is 2. The van der Waals surface area contributed by atoms with Crippen molar-refractivity contribution in [3.8, 4) is 0 Å². The van der Waals surface area contributed by atoms with Crippen LogP contribution in [0.3, 0.4) is 0 Å². The van der Waals surface area contributed by atoms with Gasteiger partial charge in [0.2, 0.25) is 0 Å². The molecule has 1 unspecified atom stereocenters. The molecule has 1 atom stereocenters. The van der Waals surface area contributed by atoms with E-state index in [9.17, 15) is 0 Å². The highest BCUT2D eigenvalue weighted by Gasteiger charge is 2.16. The predicted molar refractivity (Wildman–Crippen MR) is 60.1 cm³/mol. The van der Waals surface area contributed by atoms with Crippen molar-refractivity contribution >= 4 is 23.2 Å². The highest BCUT2D eigenvalue weighted by atomic mass is 35.5. The summed E-state index contributed by atoms with van der Waals surface area (Å²) in [6.45, 7) is 2.91. The molecule has 1 aliphatic heterocycles. The minimum Gasteiger partial charge on any atom is -0.314 e. The van der Waals surface area contributed by atoms with Crippen molar-refractivity contribution in [2.75, 3.05) is 19.6 Å². The summed E-state index contributed by atoms with van der Waals surface area (Å²) in [4.78, 5) is 0. The Kier molecular flexibility index (Phi) is 3.29. The van der Waals surface area contributed by atoms with Crippen LogP contribution in [0.4, 0.5) is 0 Å². The molecule has 0 spiro atoms. The van der Waals surface area contributed by atoms with Crippen LogP contribution >= 0.6 is 23.2 Å². The van der Waals surface area contributed by atoms with Crippen molar-refractivity contribution < 1.29 is 0 Å². The maximum absolute atomic E-state index is 6.11. The molecule has 0 aliphatic carbocycles. The van der Waals surface area contributed by atoms with Gasteiger partial charge in [-0.15, -0.1) is 0 Å². The van der Waals surface area contributed by atoms with Crippen molar-refractivity contribution in [3.05, 3.63) is 33.8 Å². The molecule has 4 heteroatoms. The van der Waals surface area contributed by atoms with Gasteiger partial charge in [-0.2, -0.15) is 0 Å². The molecule has 0 aromatic heterocycles. The first-order valence-corrected chi connectivity index (χ1v) is 5.42. The lowest BCUT2D eigenvalue weighted by atomic mass is 10.1. The van der Waals surface area contributed by atoms with Gasteiger partial charge in [-0.05, 0) is 17.7 Å². The van der Waals surface area contributed by atoms with E-state index in [1.807, 2.05) is 12.1 Å². The second kappa shape index (κ2) is 4.49. The second-order valence-electron chi connectivity index (χ2n) is 3.38. The average Bonchev–Trinajstić information content (AvgIpc) is 2.19. The van der Waals surface area contributed by atoms with Gasteiger partial charge in [0, 0.05) is 35.7 Å². The molecular weight excluding hydrogens is 219 g/mol. The van der Waals surface area contributed by atoms with Gasteiger partial charge in [0.1, 0.15) is 0 Å². The third-order valence-electron chi connectivity index (χ3n) is 2.38. The van der Waals surface area contributed by atoms with Crippen LogP contribution < -0.4 is 10.6 Å². The molecule has 2 rings (SSSR count). The number of hydrogen-bond acceptors (Lipinski definition) is 2. The highest BCUT2D eigenvalue weighted by molar-refractivity contribution is 6.35. The smallest absolute Gasteiger partial charge is 0.0469 e. The summed E-state index contributed by atoms with van der Waals surface area (Å²) >= 11 is 11.9. The first-order chi connectivity index (χ1) is 6.77. The molecule has 14 heavy (non-hydrogen) atoms. The van der Waals surface area contributed by atoms with E-state index >= 15 is 0 Å². The number of benzene rings is 1. The molecule has 1 heterocycles. The molecule has 1 aromatic carbocycles. The normalized spacial score (nSPS) is 22.3. The van der Waals surface area contributed by atoms with Gasteiger partial charge in [-0.3, -0.25) is 0 Å². The Morgan fingerprint density at radius 1 is 1.21 bits per heavy atom. The molecule has 1 aliphatic rings. The minimum atomic E-state index is 0.300. The van der Waals surface area contributed by atoms with Gasteiger partial charge in [0.05, 0.1) is 0 Å². The molecule has 1 aromatic rings. The first kappa shape index (κ1) is 10.2. The van der Waals surface area contributed by atoms with E-state index in [0.29, 0.717) is 11.1 Å². The molecule has 0 bridgehead atoms. The fourth-order valence-electron chi connectivity index (χ4n) is 1.66. The Hall–Kier alpha value is -0.280. The van der Waals surface area contributed by atoms with E-state index in [1.165, 1.54) is 0 Å². The van der Waals surface area contributed by atoms with Gasteiger partial charge in [0.25, 0.3) is 0 Å². The fraction of sp³-hybridized carbons (Fsp3) is 0.400. The van der Waals surface area contributed by atoms with Crippen molar-refractivity contribution in [3.63, 3.8) is 0 Å². The van der Waals surface area contributed by atoms with Crippen molar-refractivity contribution in [1.82, 2.24) is 10.6 Å². The lowest BCUT2D eigenvalue weighted by Crippen LogP contribution is -2.42. The van der Waals surface area contributed by atoms with Gasteiger partial charge in [-0.1, -0.05) is 29.3 Å². The summed E-state index contributed by atoms with van der Waals surface area (Å²) in [7, 11) is 0. The maximum atomic E-state index is 6.11.